The maximum atomic E-state index is 12.3. The largest absolute Gasteiger partial charge is 0.456 e. The predicted octanol–water partition coefficient (Wildman–Crippen LogP) is 4.13. The van der Waals surface area contributed by atoms with Crippen molar-refractivity contribution in [3.63, 3.8) is 0 Å². The highest BCUT2D eigenvalue weighted by Gasteiger charge is 2.13. The van der Waals surface area contributed by atoms with Crippen LogP contribution in [0.4, 0.5) is 0 Å². The fraction of sp³-hybridized carbons (Fsp3) is 0.120. The van der Waals surface area contributed by atoms with Gasteiger partial charge in [-0.05, 0) is 67.6 Å². The third-order valence-corrected chi connectivity index (χ3v) is 5.07. The lowest BCUT2D eigenvalue weighted by molar-refractivity contribution is -0.141. The number of carbonyl (C=O) groups excluding carboxylic acids is 4. The molecule has 33 heavy (non-hydrogen) atoms. The number of amides is 1. The Morgan fingerprint density at radius 3 is 2.00 bits per heavy atom. The monoisotopic (exact) mass is 509 g/mol. The number of ether oxygens (including phenoxy) is 2. The second-order valence-corrected chi connectivity index (χ2v) is 7.97. The molecule has 1 N–H and O–H groups in total. The molecule has 0 spiro atoms. The van der Waals surface area contributed by atoms with Gasteiger partial charge >= 0.3 is 11.9 Å². The molecule has 8 heteroatoms. The van der Waals surface area contributed by atoms with Crippen LogP contribution in [0, 0.1) is 6.92 Å². The van der Waals surface area contributed by atoms with Crippen LogP contribution in [0.3, 0.4) is 0 Å². The first-order valence-electron chi connectivity index (χ1n) is 9.93. The smallest absolute Gasteiger partial charge is 0.343 e. The van der Waals surface area contributed by atoms with E-state index in [9.17, 15) is 19.2 Å². The van der Waals surface area contributed by atoms with Gasteiger partial charge < -0.3 is 14.8 Å². The van der Waals surface area contributed by atoms with Crippen molar-refractivity contribution in [1.82, 2.24) is 5.32 Å². The molecule has 0 radical (unpaired) electrons. The van der Waals surface area contributed by atoms with Crippen LogP contribution in [0.5, 0.6) is 5.75 Å². The van der Waals surface area contributed by atoms with Crippen LogP contribution in [-0.4, -0.2) is 36.8 Å². The molecule has 0 fully saturated rings. The Balaban J connectivity index is 1.44. The number of hydrogen-bond acceptors (Lipinski definition) is 6. The van der Waals surface area contributed by atoms with Crippen LogP contribution in [0.2, 0.25) is 0 Å². The van der Waals surface area contributed by atoms with Crippen molar-refractivity contribution in [3.8, 4) is 5.75 Å². The van der Waals surface area contributed by atoms with Crippen LogP contribution < -0.4 is 10.1 Å². The number of nitrogens with one attached hydrogen (secondary N) is 1. The molecule has 3 aromatic carbocycles. The minimum absolute atomic E-state index is 0.282. The van der Waals surface area contributed by atoms with E-state index in [1.165, 1.54) is 24.3 Å². The molecule has 0 aliphatic heterocycles. The van der Waals surface area contributed by atoms with Gasteiger partial charge in [0.05, 0.1) is 5.56 Å². The Morgan fingerprint density at radius 2 is 1.36 bits per heavy atom. The fourth-order valence-corrected chi connectivity index (χ4v) is 2.96. The van der Waals surface area contributed by atoms with Crippen molar-refractivity contribution in [3.05, 3.63) is 99.5 Å². The maximum Gasteiger partial charge on any atom is 0.343 e. The number of esters is 2. The summed E-state index contributed by atoms with van der Waals surface area (Å²) in [6.45, 7) is 1.08. The molecule has 3 aromatic rings. The number of rotatable bonds is 8. The van der Waals surface area contributed by atoms with Crippen LogP contribution in [0.1, 0.15) is 36.6 Å². The van der Waals surface area contributed by atoms with Gasteiger partial charge in [-0.2, -0.15) is 0 Å². The van der Waals surface area contributed by atoms with Crippen LogP contribution in [0.25, 0.3) is 0 Å². The molecule has 0 heterocycles. The number of halogens is 1. The Morgan fingerprint density at radius 1 is 0.788 bits per heavy atom. The van der Waals surface area contributed by atoms with Gasteiger partial charge in [0.25, 0.3) is 5.91 Å². The lowest BCUT2D eigenvalue weighted by Gasteiger charge is -2.08. The number of hydrogen-bond donors (Lipinski definition) is 1. The summed E-state index contributed by atoms with van der Waals surface area (Å²) in [5, 5.41) is 2.44. The zero-order chi connectivity index (χ0) is 23.8. The Bertz CT molecular complexity index is 1160. The fourth-order valence-electron chi connectivity index (χ4n) is 2.70. The third kappa shape index (κ3) is 7.11. The zero-order valence-corrected chi connectivity index (χ0v) is 19.3. The highest BCUT2D eigenvalue weighted by atomic mass is 79.9. The summed E-state index contributed by atoms with van der Waals surface area (Å²) >= 11 is 3.28. The van der Waals surface area contributed by atoms with Gasteiger partial charge in [0.2, 0.25) is 0 Å². The van der Waals surface area contributed by atoms with Crippen molar-refractivity contribution >= 4 is 39.6 Å². The second kappa shape index (κ2) is 11.2. The molecule has 0 bridgehead atoms. The van der Waals surface area contributed by atoms with Gasteiger partial charge in [-0.1, -0.05) is 33.6 Å². The zero-order valence-electron chi connectivity index (χ0n) is 17.7. The summed E-state index contributed by atoms with van der Waals surface area (Å²) in [6.07, 6.45) is 0. The molecule has 0 saturated carbocycles. The Labute approximate surface area is 198 Å². The third-order valence-electron chi connectivity index (χ3n) is 4.54. The van der Waals surface area contributed by atoms with E-state index in [1.54, 1.807) is 36.4 Å². The van der Waals surface area contributed by atoms with E-state index in [-0.39, 0.29) is 17.9 Å². The van der Waals surface area contributed by atoms with Gasteiger partial charge in [-0.3, -0.25) is 14.4 Å². The summed E-state index contributed by atoms with van der Waals surface area (Å²) in [4.78, 5) is 48.3. The molecule has 0 atom stereocenters. The van der Waals surface area contributed by atoms with Crippen molar-refractivity contribution in [2.24, 2.45) is 0 Å². The van der Waals surface area contributed by atoms with E-state index in [0.29, 0.717) is 11.1 Å². The molecule has 0 saturated heterocycles. The number of aryl methyl sites for hydroxylation is 1. The molecule has 0 aromatic heterocycles. The van der Waals surface area contributed by atoms with Crippen LogP contribution >= 0.6 is 15.9 Å². The summed E-state index contributed by atoms with van der Waals surface area (Å²) in [7, 11) is 0. The number of carbonyl (C=O) groups is 4. The second-order valence-electron chi connectivity index (χ2n) is 7.05. The molecule has 0 aliphatic rings. The summed E-state index contributed by atoms with van der Waals surface area (Å²) in [5.41, 5.74) is 2.13. The number of benzene rings is 3. The molecule has 3 rings (SSSR count). The van der Waals surface area contributed by atoms with Crippen LogP contribution in [-0.2, 0) is 9.53 Å². The Hall–Kier alpha value is -3.78. The van der Waals surface area contributed by atoms with E-state index in [2.05, 4.69) is 21.2 Å². The minimum Gasteiger partial charge on any atom is -0.456 e. The van der Waals surface area contributed by atoms with E-state index >= 15 is 0 Å². The summed E-state index contributed by atoms with van der Waals surface area (Å²) in [5.74, 6) is -1.82. The first-order chi connectivity index (χ1) is 15.8. The minimum atomic E-state index is -0.738. The molecule has 0 unspecified atom stereocenters. The molecule has 0 aliphatic carbocycles. The predicted molar refractivity (Wildman–Crippen MR) is 124 cm³/mol. The van der Waals surface area contributed by atoms with Crippen molar-refractivity contribution < 1.29 is 28.7 Å². The van der Waals surface area contributed by atoms with Crippen molar-refractivity contribution in [2.75, 3.05) is 13.2 Å². The van der Waals surface area contributed by atoms with Gasteiger partial charge in [0.15, 0.2) is 12.4 Å². The topological polar surface area (TPSA) is 98.8 Å². The van der Waals surface area contributed by atoms with Gasteiger partial charge in [0, 0.05) is 15.6 Å². The van der Waals surface area contributed by atoms with Crippen molar-refractivity contribution in [1.29, 1.82) is 0 Å². The lowest BCUT2D eigenvalue weighted by Crippen LogP contribution is -2.31. The Kier molecular flexibility index (Phi) is 8.10. The van der Waals surface area contributed by atoms with Gasteiger partial charge in [-0.25, -0.2) is 4.79 Å². The van der Waals surface area contributed by atoms with Gasteiger partial charge in [0.1, 0.15) is 12.3 Å². The van der Waals surface area contributed by atoms with E-state index in [1.807, 2.05) is 19.1 Å². The molecule has 168 valence electrons. The highest BCUT2D eigenvalue weighted by molar-refractivity contribution is 9.10. The summed E-state index contributed by atoms with van der Waals surface area (Å²) < 4.78 is 11.1. The number of ketones is 1. The molecule has 7 nitrogen and oxygen atoms in total. The average Bonchev–Trinajstić information content (AvgIpc) is 2.82. The average molecular weight is 510 g/mol. The van der Waals surface area contributed by atoms with Crippen LogP contribution in [0.15, 0.2) is 77.3 Å². The standard InChI is InChI=1S/C25H20BrNO6/c1-16-2-4-19(5-3-16)25(31)33-21-12-8-17(9-13-21)22(28)15-32-23(29)14-27-24(30)18-6-10-20(26)11-7-18/h2-13H,14-15H2,1H3,(H,27,30). The first-order valence-corrected chi connectivity index (χ1v) is 10.7. The molecular formula is C25H20BrNO6. The SMILES string of the molecule is Cc1ccc(C(=O)Oc2ccc(C(=O)COC(=O)CNC(=O)c3ccc(Br)cc3)cc2)cc1. The van der Waals surface area contributed by atoms with E-state index in [4.69, 9.17) is 9.47 Å². The normalized spacial score (nSPS) is 10.2. The van der Waals surface area contributed by atoms with E-state index < -0.39 is 30.2 Å². The molecular weight excluding hydrogens is 490 g/mol. The first kappa shape index (κ1) is 23.9. The maximum absolute atomic E-state index is 12.3. The quantitative estimate of drug-likeness (QED) is 0.278. The molecule has 1 amide bonds. The van der Waals surface area contributed by atoms with Crippen molar-refractivity contribution in [2.45, 2.75) is 6.92 Å². The van der Waals surface area contributed by atoms with Gasteiger partial charge in [-0.15, -0.1) is 0 Å². The summed E-state index contributed by atoms with van der Waals surface area (Å²) in [6, 6.07) is 19.5. The van der Waals surface area contributed by atoms with E-state index in [0.717, 1.165) is 10.0 Å². The highest BCUT2D eigenvalue weighted by Crippen LogP contribution is 2.15. The number of Topliss-reactive ketones (excluding diaryl/α,β-unsaturated/α-hetero) is 1. The lowest BCUT2D eigenvalue weighted by atomic mass is 10.1.